The van der Waals surface area contributed by atoms with Crippen LogP contribution in [0.1, 0.15) is 5.56 Å². The summed E-state index contributed by atoms with van der Waals surface area (Å²) in [4.78, 5) is 16.4. The van der Waals surface area contributed by atoms with Crippen molar-refractivity contribution in [1.82, 2.24) is 9.88 Å². The number of carboxylic acid groups (broad SMARTS) is 1. The number of hydrogen-bond donors (Lipinski definition) is 2. The monoisotopic (exact) mass is 260 g/mol. The Balaban J connectivity index is 1.85. The summed E-state index contributed by atoms with van der Waals surface area (Å²) in [5, 5.41) is 10.4. The first kappa shape index (κ1) is 12.2. The minimum Gasteiger partial charge on any atom is -0.480 e. The second-order valence-electron chi connectivity index (χ2n) is 4.76. The average Bonchev–Trinajstić information content (AvgIpc) is 2.83. The highest BCUT2D eigenvalue weighted by Gasteiger charge is 2.29. The molecule has 1 atom stereocenters. The third-order valence-electron chi connectivity index (χ3n) is 3.57. The van der Waals surface area contributed by atoms with Gasteiger partial charge in [0.05, 0.1) is 13.2 Å². The van der Waals surface area contributed by atoms with E-state index in [4.69, 9.17) is 4.74 Å². The molecule has 1 aliphatic heterocycles. The second kappa shape index (κ2) is 5.03. The van der Waals surface area contributed by atoms with Crippen LogP contribution < -0.4 is 0 Å². The standard InChI is InChI=1S/C14H16N2O3/c17-14(18)13-9-19-6-5-16(13)8-10-7-15-12-4-2-1-3-11(10)12/h1-4,7,13,15H,5-6,8-9H2,(H,17,18). The number of H-pyrrole nitrogens is 1. The summed E-state index contributed by atoms with van der Waals surface area (Å²) in [6.07, 6.45) is 1.96. The summed E-state index contributed by atoms with van der Waals surface area (Å²) in [6.45, 7) is 2.13. The van der Waals surface area contributed by atoms with Crippen LogP contribution in [0.15, 0.2) is 30.5 Å². The van der Waals surface area contributed by atoms with Crippen molar-refractivity contribution in [3.8, 4) is 0 Å². The number of carboxylic acids is 1. The third kappa shape index (κ3) is 2.34. The molecular weight excluding hydrogens is 244 g/mol. The number of aromatic amines is 1. The molecule has 100 valence electrons. The molecule has 0 radical (unpaired) electrons. The van der Waals surface area contributed by atoms with Gasteiger partial charge in [0.2, 0.25) is 0 Å². The molecule has 2 N–H and O–H groups in total. The van der Waals surface area contributed by atoms with Crippen LogP contribution in [0.3, 0.4) is 0 Å². The molecule has 0 bridgehead atoms. The zero-order valence-electron chi connectivity index (χ0n) is 10.5. The Morgan fingerprint density at radius 3 is 3.16 bits per heavy atom. The lowest BCUT2D eigenvalue weighted by molar-refractivity contribution is -0.150. The zero-order valence-corrected chi connectivity index (χ0v) is 10.5. The number of rotatable bonds is 3. The largest absolute Gasteiger partial charge is 0.480 e. The maximum absolute atomic E-state index is 11.2. The quantitative estimate of drug-likeness (QED) is 0.876. The molecule has 0 spiro atoms. The number of para-hydroxylation sites is 1. The lowest BCUT2D eigenvalue weighted by Crippen LogP contribution is -2.49. The summed E-state index contributed by atoms with van der Waals surface area (Å²) >= 11 is 0. The van der Waals surface area contributed by atoms with Gasteiger partial charge in [-0.2, -0.15) is 0 Å². The number of morpholine rings is 1. The Labute approximate surface area is 110 Å². The Hall–Kier alpha value is -1.85. The fourth-order valence-corrected chi connectivity index (χ4v) is 2.54. The molecular formula is C14H16N2O3. The molecule has 1 fully saturated rings. The molecule has 0 amide bonds. The molecule has 1 saturated heterocycles. The zero-order chi connectivity index (χ0) is 13.2. The SMILES string of the molecule is O=C(O)C1COCCN1Cc1c[nH]c2ccccc12. The van der Waals surface area contributed by atoms with Crippen molar-refractivity contribution >= 4 is 16.9 Å². The maximum atomic E-state index is 11.2. The fourth-order valence-electron chi connectivity index (χ4n) is 2.54. The number of nitrogens with one attached hydrogen (secondary N) is 1. The maximum Gasteiger partial charge on any atom is 0.323 e. The van der Waals surface area contributed by atoms with Crippen molar-refractivity contribution in [3.05, 3.63) is 36.0 Å². The van der Waals surface area contributed by atoms with E-state index in [1.54, 1.807) is 0 Å². The summed E-state index contributed by atoms with van der Waals surface area (Å²) in [6, 6.07) is 7.50. The minimum absolute atomic E-state index is 0.262. The molecule has 3 rings (SSSR count). The number of hydrogen-bond acceptors (Lipinski definition) is 3. The molecule has 5 nitrogen and oxygen atoms in total. The molecule has 1 aromatic carbocycles. The van der Waals surface area contributed by atoms with Crippen LogP contribution in [0.25, 0.3) is 10.9 Å². The highest BCUT2D eigenvalue weighted by Crippen LogP contribution is 2.21. The van der Waals surface area contributed by atoms with Crippen molar-refractivity contribution in [1.29, 1.82) is 0 Å². The molecule has 5 heteroatoms. The molecule has 2 aromatic rings. The van der Waals surface area contributed by atoms with E-state index >= 15 is 0 Å². The van der Waals surface area contributed by atoms with Gasteiger partial charge in [0, 0.05) is 30.2 Å². The number of benzene rings is 1. The summed E-state index contributed by atoms with van der Waals surface area (Å²) in [7, 11) is 0. The van der Waals surface area contributed by atoms with Gasteiger partial charge in [0.1, 0.15) is 6.04 Å². The molecule has 1 aliphatic rings. The lowest BCUT2D eigenvalue weighted by Gasteiger charge is -2.32. The molecule has 0 saturated carbocycles. The van der Waals surface area contributed by atoms with Gasteiger partial charge in [-0.15, -0.1) is 0 Å². The van der Waals surface area contributed by atoms with Gasteiger partial charge in [0.15, 0.2) is 0 Å². The van der Waals surface area contributed by atoms with E-state index in [2.05, 4.69) is 11.1 Å². The van der Waals surface area contributed by atoms with Crippen molar-refractivity contribution in [3.63, 3.8) is 0 Å². The van der Waals surface area contributed by atoms with Crippen LogP contribution in [-0.2, 0) is 16.1 Å². The molecule has 2 heterocycles. The summed E-state index contributed by atoms with van der Waals surface area (Å²) in [5.74, 6) is -0.820. The van der Waals surface area contributed by atoms with Crippen molar-refractivity contribution in [2.24, 2.45) is 0 Å². The third-order valence-corrected chi connectivity index (χ3v) is 3.57. The number of aromatic nitrogens is 1. The Morgan fingerprint density at radius 2 is 2.32 bits per heavy atom. The van der Waals surface area contributed by atoms with Crippen LogP contribution in [0.2, 0.25) is 0 Å². The number of carbonyl (C=O) groups is 1. The first-order valence-corrected chi connectivity index (χ1v) is 6.35. The van der Waals surface area contributed by atoms with Gasteiger partial charge in [0.25, 0.3) is 0 Å². The minimum atomic E-state index is -0.820. The van der Waals surface area contributed by atoms with Crippen LogP contribution in [-0.4, -0.2) is 46.8 Å². The highest BCUT2D eigenvalue weighted by molar-refractivity contribution is 5.83. The van der Waals surface area contributed by atoms with E-state index in [1.807, 2.05) is 29.3 Å². The lowest BCUT2D eigenvalue weighted by atomic mass is 10.1. The predicted octanol–water partition coefficient (Wildman–Crippen LogP) is 1.45. The van der Waals surface area contributed by atoms with Crippen LogP contribution in [0.5, 0.6) is 0 Å². The predicted molar refractivity (Wildman–Crippen MR) is 71.0 cm³/mol. The van der Waals surface area contributed by atoms with E-state index in [1.165, 1.54) is 0 Å². The number of ether oxygens (including phenoxy) is 1. The Morgan fingerprint density at radius 1 is 1.47 bits per heavy atom. The van der Waals surface area contributed by atoms with Gasteiger partial charge >= 0.3 is 5.97 Å². The van der Waals surface area contributed by atoms with Crippen LogP contribution in [0.4, 0.5) is 0 Å². The van der Waals surface area contributed by atoms with E-state index < -0.39 is 12.0 Å². The number of nitrogens with zero attached hydrogens (tertiary/aromatic N) is 1. The van der Waals surface area contributed by atoms with Crippen LogP contribution in [0, 0.1) is 0 Å². The van der Waals surface area contributed by atoms with Gasteiger partial charge in [-0.1, -0.05) is 18.2 Å². The molecule has 1 aromatic heterocycles. The second-order valence-corrected chi connectivity index (χ2v) is 4.76. The number of aliphatic carboxylic acids is 1. The topological polar surface area (TPSA) is 65.6 Å². The normalized spacial score (nSPS) is 20.7. The van der Waals surface area contributed by atoms with Crippen molar-refractivity contribution < 1.29 is 14.6 Å². The first-order chi connectivity index (χ1) is 9.25. The molecule has 1 unspecified atom stereocenters. The van der Waals surface area contributed by atoms with E-state index in [0.717, 1.165) is 16.5 Å². The Bertz CT molecular complexity index is 593. The van der Waals surface area contributed by atoms with Gasteiger partial charge in [-0.05, 0) is 11.6 Å². The smallest absolute Gasteiger partial charge is 0.323 e. The molecule has 0 aliphatic carbocycles. The van der Waals surface area contributed by atoms with Crippen LogP contribution >= 0.6 is 0 Å². The summed E-state index contributed by atoms with van der Waals surface area (Å²) in [5.41, 5.74) is 2.21. The van der Waals surface area contributed by atoms with E-state index in [0.29, 0.717) is 19.7 Å². The first-order valence-electron chi connectivity index (χ1n) is 6.35. The van der Waals surface area contributed by atoms with E-state index in [-0.39, 0.29) is 6.61 Å². The highest BCUT2D eigenvalue weighted by atomic mass is 16.5. The molecule has 19 heavy (non-hydrogen) atoms. The van der Waals surface area contributed by atoms with Crippen molar-refractivity contribution in [2.45, 2.75) is 12.6 Å². The number of fused-ring (bicyclic) bond motifs is 1. The van der Waals surface area contributed by atoms with E-state index in [9.17, 15) is 9.90 Å². The van der Waals surface area contributed by atoms with Gasteiger partial charge < -0.3 is 14.8 Å². The Kier molecular flexibility index (Phi) is 3.23. The van der Waals surface area contributed by atoms with Gasteiger partial charge in [-0.3, -0.25) is 9.69 Å². The fraction of sp³-hybridized carbons (Fsp3) is 0.357. The average molecular weight is 260 g/mol. The van der Waals surface area contributed by atoms with Crippen molar-refractivity contribution in [2.75, 3.05) is 19.8 Å². The van der Waals surface area contributed by atoms with Gasteiger partial charge in [-0.25, -0.2) is 0 Å². The summed E-state index contributed by atoms with van der Waals surface area (Å²) < 4.78 is 5.25.